The molecule has 18 heavy (non-hydrogen) atoms. The lowest BCUT2D eigenvalue weighted by atomic mass is 10.2. The first-order valence-corrected chi connectivity index (χ1v) is 5.35. The lowest BCUT2D eigenvalue weighted by Crippen LogP contribution is -2.00. The van der Waals surface area contributed by atoms with Gasteiger partial charge in [-0.05, 0) is 0 Å². The maximum Gasteiger partial charge on any atom is 0.248 e. The summed E-state index contributed by atoms with van der Waals surface area (Å²) >= 11 is 0. The molecule has 0 amide bonds. The highest BCUT2D eigenvalue weighted by molar-refractivity contribution is 5.53. The molecule has 1 aromatic carbocycles. The molecule has 0 bridgehead atoms. The van der Waals surface area contributed by atoms with Crippen LogP contribution in [0.2, 0.25) is 0 Å². The standard InChI is InChI=1S/C11H10N6O/c12-9-6-17(16-14-9)7-10-13-11(15-18-10)8-4-2-1-3-5-8/h1-6H,7,12H2. The Kier molecular flexibility index (Phi) is 2.49. The van der Waals surface area contributed by atoms with E-state index in [1.807, 2.05) is 30.3 Å². The molecule has 2 heterocycles. The Bertz CT molecular complexity index is 644. The zero-order chi connectivity index (χ0) is 12.4. The molecule has 0 atom stereocenters. The summed E-state index contributed by atoms with van der Waals surface area (Å²) in [6, 6.07) is 9.61. The fourth-order valence-corrected chi connectivity index (χ4v) is 1.55. The topological polar surface area (TPSA) is 95.7 Å². The Labute approximate surface area is 102 Å². The van der Waals surface area contributed by atoms with Gasteiger partial charge in [0, 0.05) is 5.56 Å². The van der Waals surface area contributed by atoms with Gasteiger partial charge < -0.3 is 10.3 Å². The van der Waals surface area contributed by atoms with E-state index in [1.54, 1.807) is 6.20 Å². The monoisotopic (exact) mass is 242 g/mol. The van der Waals surface area contributed by atoms with Gasteiger partial charge in [0.25, 0.3) is 0 Å². The van der Waals surface area contributed by atoms with Crippen molar-refractivity contribution in [2.24, 2.45) is 0 Å². The second-order valence-corrected chi connectivity index (χ2v) is 3.72. The second-order valence-electron chi connectivity index (χ2n) is 3.72. The minimum absolute atomic E-state index is 0.351. The molecule has 7 nitrogen and oxygen atoms in total. The lowest BCUT2D eigenvalue weighted by molar-refractivity contribution is 0.364. The van der Waals surface area contributed by atoms with Crippen LogP contribution in [-0.2, 0) is 6.54 Å². The van der Waals surface area contributed by atoms with E-state index in [0.29, 0.717) is 24.1 Å². The molecule has 0 saturated carbocycles. The van der Waals surface area contributed by atoms with Gasteiger partial charge in [0.1, 0.15) is 6.54 Å². The Hall–Kier alpha value is -2.70. The number of nitrogens with two attached hydrogens (primary N) is 1. The van der Waals surface area contributed by atoms with Gasteiger partial charge in [0.15, 0.2) is 5.82 Å². The first-order valence-electron chi connectivity index (χ1n) is 5.35. The van der Waals surface area contributed by atoms with E-state index < -0.39 is 0 Å². The minimum atomic E-state index is 0.351. The van der Waals surface area contributed by atoms with Crippen molar-refractivity contribution in [1.29, 1.82) is 0 Å². The average molecular weight is 242 g/mol. The van der Waals surface area contributed by atoms with E-state index in [4.69, 9.17) is 10.3 Å². The summed E-state index contributed by atoms with van der Waals surface area (Å²) < 4.78 is 6.68. The Morgan fingerprint density at radius 1 is 1.22 bits per heavy atom. The normalized spacial score (nSPS) is 10.7. The molecule has 0 aliphatic heterocycles. The predicted molar refractivity (Wildman–Crippen MR) is 63.3 cm³/mol. The van der Waals surface area contributed by atoms with Crippen molar-refractivity contribution in [1.82, 2.24) is 25.1 Å². The molecule has 0 fully saturated rings. The third-order valence-electron chi connectivity index (χ3n) is 2.35. The van der Waals surface area contributed by atoms with Gasteiger partial charge in [0.05, 0.1) is 6.20 Å². The zero-order valence-electron chi connectivity index (χ0n) is 9.39. The van der Waals surface area contributed by atoms with Crippen LogP contribution in [0.15, 0.2) is 41.1 Å². The summed E-state index contributed by atoms with van der Waals surface area (Å²) in [6.45, 7) is 0.351. The van der Waals surface area contributed by atoms with Crippen molar-refractivity contribution in [2.45, 2.75) is 6.54 Å². The maximum absolute atomic E-state index is 5.47. The van der Waals surface area contributed by atoms with Gasteiger partial charge in [-0.25, -0.2) is 4.68 Å². The number of nitrogens with zero attached hydrogens (tertiary/aromatic N) is 5. The third kappa shape index (κ3) is 2.05. The van der Waals surface area contributed by atoms with Gasteiger partial charge in [-0.3, -0.25) is 0 Å². The maximum atomic E-state index is 5.47. The van der Waals surface area contributed by atoms with Crippen molar-refractivity contribution in [2.75, 3.05) is 5.73 Å². The quantitative estimate of drug-likeness (QED) is 0.734. The Morgan fingerprint density at radius 3 is 2.78 bits per heavy atom. The molecule has 2 aromatic heterocycles. The van der Waals surface area contributed by atoms with Crippen molar-refractivity contribution >= 4 is 5.82 Å². The molecule has 0 radical (unpaired) electrons. The zero-order valence-corrected chi connectivity index (χ0v) is 9.39. The molecule has 3 rings (SSSR count). The van der Waals surface area contributed by atoms with Crippen LogP contribution in [0.5, 0.6) is 0 Å². The van der Waals surface area contributed by atoms with Crippen molar-refractivity contribution in [3.05, 3.63) is 42.4 Å². The van der Waals surface area contributed by atoms with E-state index >= 15 is 0 Å². The molecular weight excluding hydrogens is 232 g/mol. The van der Waals surface area contributed by atoms with Crippen LogP contribution < -0.4 is 5.73 Å². The number of rotatable bonds is 3. The number of anilines is 1. The number of hydrogen-bond donors (Lipinski definition) is 1. The molecule has 0 aliphatic rings. The summed E-state index contributed by atoms with van der Waals surface area (Å²) in [7, 11) is 0. The van der Waals surface area contributed by atoms with Crippen molar-refractivity contribution in [3.63, 3.8) is 0 Å². The molecule has 0 unspecified atom stereocenters. The highest BCUT2D eigenvalue weighted by atomic mass is 16.5. The molecule has 90 valence electrons. The molecule has 7 heteroatoms. The van der Waals surface area contributed by atoms with Crippen LogP contribution in [0.3, 0.4) is 0 Å². The SMILES string of the molecule is Nc1cn(Cc2nc(-c3ccccc3)no2)nn1. The first-order chi connectivity index (χ1) is 8.81. The van der Waals surface area contributed by atoms with Crippen LogP contribution in [0.4, 0.5) is 5.82 Å². The lowest BCUT2D eigenvalue weighted by Gasteiger charge is -1.92. The number of nitrogen functional groups attached to an aromatic ring is 1. The fourth-order valence-electron chi connectivity index (χ4n) is 1.55. The Morgan fingerprint density at radius 2 is 2.06 bits per heavy atom. The summed E-state index contributed by atoms with van der Waals surface area (Å²) in [5.41, 5.74) is 6.38. The van der Waals surface area contributed by atoms with Crippen LogP contribution >= 0.6 is 0 Å². The predicted octanol–water partition coefficient (Wildman–Crippen LogP) is 0.959. The Balaban J connectivity index is 1.82. The minimum Gasteiger partial charge on any atom is -0.381 e. The summed E-state index contributed by atoms with van der Waals surface area (Å²) in [5, 5.41) is 11.4. The van der Waals surface area contributed by atoms with Crippen LogP contribution in [0.25, 0.3) is 11.4 Å². The van der Waals surface area contributed by atoms with E-state index in [1.165, 1.54) is 4.68 Å². The van der Waals surface area contributed by atoms with E-state index in [9.17, 15) is 0 Å². The molecule has 0 aliphatic carbocycles. The fraction of sp³-hybridized carbons (Fsp3) is 0.0909. The number of benzene rings is 1. The van der Waals surface area contributed by atoms with Gasteiger partial charge in [-0.15, -0.1) is 5.10 Å². The summed E-state index contributed by atoms with van der Waals surface area (Å²) in [6.07, 6.45) is 1.60. The van der Waals surface area contributed by atoms with Crippen LogP contribution in [0, 0.1) is 0 Å². The van der Waals surface area contributed by atoms with Crippen LogP contribution in [0.1, 0.15) is 5.89 Å². The second kappa shape index (κ2) is 4.28. The van der Waals surface area contributed by atoms with Gasteiger partial charge in [-0.1, -0.05) is 40.7 Å². The molecule has 0 saturated heterocycles. The largest absolute Gasteiger partial charge is 0.381 e. The van der Waals surface area contributed by atoms with Crippen LogP contribution in [-0.4, -0.2) is 25.1 Å². The smallest absolute Gasteiger partial charge is 0.248 e. The highest BCUT2D eigenvalue weighted by Crippen LogP contribution is 2.15. The summed E-state index contributed by atoms with van der Waals surface area (Å²) in [5.74, 6) is 1.37. The van der Waals surface area contributed by atoms with E-state index in [2.05, 4.69) is 20.5 Å². The van der Waals surface area contributed by atoms with Gasteiger partial charge in [0.2, 0.25) is 11.7 Å². The number of aromatic nitrogens is 5. The third-order valence-corrected chi connectivity index (χ3v) is 2.35. The van der Waals surface area contributed by atoms with Gasteiger partial charge in [-0.2, -0.15) is 4.98 Å². The molecule has 2 N–H and O–H groups in total. The number of hydrogen-bond acceptors (Lipinski definition) is 6. The summed E-state index contributed by atoms with van der Waals surface area (Å²) in [4.78, 5) is 4.28. The molecular formula is C11H10N6O. The van der Waals surface area contributed by atoms with Gasteiger partial charge >= 0.3 is 0 Å². The van der Waals surface area contributed by atoms with E-state index in [0.717, 1.165) is 5.56 Å². The van der Waals surface area contributed by atoms with Crippen molar-refractivity contribution in [3.8, 4) is 11.4 Å². The van der Waals surface area contributed by atoms with E-state index in [-0.39, 0.29) is 0 Å². The van der Waals surface area contributed by atoms with Crippen molar-refractivity contribution < 1.29 is 4.52 Å². The molecule has 0 spiro atoms. The highest BCUT2D eigenvalue weighted by Gasteiger charge is 2.09. The molecule has 3 aromatic rings. The first kappa shape index (κ1) is 10.5. The average Bonchev–Trinajstić information content (AvgIpc) is 3.01.